The van der Waals surface area contributed by atoms with Crippen LogP contribution in [0.5, 0.6) is 0 Å². The maximum atomic E-state index is 5.44. The molecule has 0 aliphatic heterocycles. The number of nitrogens with two attached hydrogens (primary N) is 1. The molecule has 4 nitrogen and oxygen atoms in total. The Kier molecular flexibility index (Phi) is 1.92. The van der Waals surface area contributed by atoms with E-state index in [0.717, 1.165) is 0 Å². The zero-order chi connectivity index (χ0) is 9.35. The molecule has 0 amide bonds. The number of nitrogens with zero attached hydrogens (tertiary/aromatic N) is 3. The van der Waals surface area contributed by atoms with Gasteiger partial charge in [-0.2, -0.15) is 0 Å². The van der Waals surface area contributed by atoms with Gasteiger partial charge in [0, 0.05) is 0 Å². The number of aromatic nitrogens is 3. The third-order valence-electron chi connectivity index (χ3n) is 1.47. The zero-order valence-corrected chi connectivity index (χ0v) is 7.70. The molecule has 0 fully saturated rings. The van der Waals surface area contributed by atoms with Crippen LogP contribution in [0.15, 0.2) is 12.9 Å². The summed E-state index contributed by atoms with van der Waals surface area (Å²) in [5.74, 6) is 0.505. The maximum absolute atomic E-state index is 5.44. The SMILES string of the molecule is C=C(N)c1ncn(C(C)(C)C)n1. The van der Waals surface area contributed by atoms with Crippen molar-refractivity contribution >= 4 is 5.70 Å². The van der Waals surface area contributed by atoms with E-state index < -0.39 is 0 Å². The molecule has 12 heavy (non-hydrogen) atoms. The summed E-state index contributed by atoms with van der Waals surface area (Å²) < 4.78 is 1.76. The van der Waals surface area contributed by atoms with Crippen LogP contribution in [-0.2, 0) is 5.54 Å². The smallest absolute Gasteiger partial charge is 0.196 e. The summed E-state index contributed by atoms with van der Waals surface area (Å²) in [6.45, 7) is 9.70. The lowest BCUT2D eigenvalue weighted by molar-refractivity contribution is 0.354. The molecule has 0 aliphatic rings. The summed E-state index contributed by atoms with van der Waals surface area (Å²) in [5.41, 5.74) is 5.78. The van der Waals surface area contributed by atoms with E-state index >= 15 is 0 Å². The van der Waals surface area contributed by atoms with Gasteiger partial charge in [-0.3, -0.25) is 0 Å². The summed E-state index contributed by atoms with van der Waals surface area (Å²) in [6, 6.07) is 0. The van der Waals surface area contributed by atoms with Crippen LogP contribution in [0.3, 0.4) is 0 Å². The quantitative estimate of drug-likeness (QED) is 0.676. The van der Waals surface area contributed by atoms with Gasteiger partial charge in [-0.1, -0.05) is 6.58 Å². The first kappa shape index (κ1) is 8.77. The molecule has 1 heterocycles. The Morgan fingerprint density at radius 3 is 2.42 bits per heavy atom. The largest absolute Gasteiger partial charge is 0.396 e. The Bertz CT molecular complexity index is 292. The van der Waals surface area contributed by atoms with Crippen LogP contribution in [0.25, 0.3) is 5.70 Å². The summed E-state index contributed by atoms with van der Waals surface area (Å²) in [4.78, 5) is 4.01. The van der Waals surface area contributed by atoms with Crippen molar-refractivity contribution in [3.8, 4) is 0 Å². The highest BCUT2D eigenvalue weighted by Gasteiger charge is 2.14. The normalized spacial score (nSPS) is 11.6. The van der Waals surface area contributed by atoms with E-state index in [2.05, 4.69) is 16.7 Å². The number of hydrogen-bond acceptors (Lipinski definition) is 3. The monoisotopic (exact) mass is 166 g/mol. The molecule has 1 rings (SSSR count). The van der Waals surface area contributed by atoms with Crippen molar-refractivity contribution in [2.45, 2.75) is 26.3 Å². The molecule has 1 aromatic heterocycles. The van der Waals surface area contributed by atoms with Gasteiger partial charge in [0.2, 0.25) is 0 Å². The van der Waals surface area contributed by atoms with Gasteiger partial charge in [0.05, 0.1) is 11.2 Å². The molecule has 0 saturated heterocycles. The van der Waals surface area contributed by atoms with Crippen molar-refractivity contribution in [2.24, 2.45) is 5.73 Å². The molecule has 0 saturated carbocycles. The molecule has 4 heteroatoms. The van der Waals surface area contributed by atoms with Gasteiger partial charge >= 0.3 is 0 Å². The van der Waals surface area contributed by atoms with Crippen LogP contribution in [0.1, 0.15) is 26.6 Å². The van der Waals surface area contributed by atoms with E-state index in [9.17, 15) is 0 Å². The molecule has 0 aliphatic carbocycles. The first-order valence-electron chi connectivity index (χ1n) is 3.78. The van der Waals surface area contributed by atoms with E-state index in [-0.39, 0.29) is 5.54 Å². The van der Waals surface area contributed by atoms with Gasteiger partial charge in [-0.25, -0.2) is 9.67 Å². The van der Waals surface area contributed by atoms with Gasteiger partial charge in [0.15, 0.2) is 5.82 Å². The van der Waals surface area contributed by atoms with E-state index in [1.54, 1.807) is 11.0 Å². The van der Waals surface area contributed by atoms with Crippen molar-refractivity contribution in [3.05, 3.63) is 18.7 Å². The van der Waals surface area contributed by atoms with Gasteiger partial charge in [0.1, 0.15) is 6.33 Å². The molecule has 0 aromatic carbocycles. The summed E-state index contributed by atoms with van der Waals surface area (Å²) in [5, 5.41) is 4.16. The van der Waals surface area contributed by atoms with Crippen molar-refractivity contribution in [2.75, 3.05) is 0 Å². The van der Waals surface area contributed by atoms with Crippen LogP contribution in [0, 0.1) is 0 Å². The van der Waals surface area contributed by atoms with Crippen molar-refractivity contribution in [3.63, 3.8) is 0 Å². The van der Waals surface area contributed by atoms with Crippen LogP contribution in [-0.4, -0.2) is 14.8 Å². The van der Waals surface area contributed by atoms with E-state index in [1.165, 1.54) is 0 Å². The predicted octanol–water partition coefficient (Wildman–Crippen LogP) is 0.963. The third-order valence-corrected chi connectivity index (χ3v) is 1.47. The lowest BCUT2D eigenvalue weighted by Gasteiger charge is -2.17. The topological polar surface area (TPSA) is 56.7 Å². The van der Waals surface area contributed by atoms with E-state index in [1.807, 2.05) is 20.8 Å². The molecule has 1 aromatic rings. The lowest BCUT2D eigenvalue weighted by atomic mass is 10.1. The van der Waals surface area contributed by atoms with E-state index in [0.29, 0.717) is 11.5 Å². The van der Waals surface area contributed by atoms with Crippen molar-refractivity contribution in [1.82, 2.24) is 14.8 Å². The summed E-state index contributed by atoms with van der Waals surface area (Å²) >= 11 is 0. The Labute approximate surface area is 72.1 Å². The Morgan fingerprint density at radius 2 is 2.17 bits per heavy atom. The van der Waals surface area contributed by atoms with E-state index in [4.69, 9.17) is 5.73 Å². The van der Waals surface area contributed by atoms with Crippen LogP contribution >= 0.6 is 0 Å². The van der Waals surface area contributed by atoms with Crippen LogP contribution < -0.4 is 5.73 Å². The minimum absolute atomic E-state index is 0.0549. The van der Waals surface area contributed by atoms with Crippen LogP contribution in [0.4, 0.5) is 0 Å². The lowest BCUT2D eigenvalue weighted by Crippen LogP contribution is -2.22. The van der Waals surface area contributed by atoms with Crippen molar-refractivity contribution in [1.29, 1.82) is 0 Å². The summed E-state index contributed by atoms with van der Waals surface area (Å²) in [6.07, 6.45) is 1.66. The van der Waals surface area contributed by atoms with Gasteiger partial charge in [-0.15, -0.1) is 5.10 Å². The fourth-order valence-corrected chi connectivity index (χ4v) is 0.733. The molecule has 0 radical (unpaired) electrons. The number of rotatable bonds is 1. The molecule has 66 valence electrons. The van der Waals surface area contributed by atoms with Gasteiger partial charge < -0.3 is 5.73 Å². The molecule has 2 N–H and O–H groups in total. The minimum atomic E-state index is -0.0549. The molecular weight excluding hydrogens is 152 g/mol. The highest BCUT2D eigenvalue weighted by atomic mass is 15.4. The Hall–Kier alpha value is -1.32. The fourth-order valence-electron chi connectivity index (χ4n) is 0.733. The summed E-state index contributed by atoms with van der Waals surface area (Å²) in [7, 11) is 0. The molecule has 0 unspecified atom stereocenters. The molecule has 0 atom stereocenters. The highest BCUT2D eigenvalue weighted by Crippen LogP contribution is 2.11. The van der Waals surface area contributed by atoms with Crippen LogP contribution in [0.2, 0.25) is 0 Å². The molecular formula is C8H14N4. The molecule has 0 bridgehead atoms. The second-order valence-electron chi connectivity index (χ2n) is 3.71. The minimum Gasteiger partial charge on any atom is -0.396 e. The fraction of sp³-hybridized carbons (Fsp3) is 0.500. The molecule has 0 spiro atoms. The first-order valence-corrected chi connectivity index (χ1v) is 3.78. The van der Waals surface area contributed by atoms with Crippen molar-refractivity contribution < 1.29 is 0 Å². The van der Waals surface area contributed by atoms with Gasteiger partial charge in [-0.05, 0) is 20.8 Å². The van der Waals surface area contributed by atoms with Gasteiger partial charge in [0.25, 0.3) is 0 Å². The zero-order valence-electron chi connectivity index (χ0n) is 7.70. The Morgan fingerprint density at radius 1 is 1.58 bits per heavy atom. The average molecular weight is 166 g/mol. The maximum Gasteiger partial charge on any atom is 0.196 e. The number of hydrogen-bond donors (Lipinski definition) is 1. The second-order valence-corrected chi connectivity index (χ2v) is 3.71. The second kappa shape index (κ2) is 2.62. The highest BCUT2D eigenvalue weighted by molar-refractivity contribution is 5.51. The predicted molar refractivity (Wildman–Crippen MR) is 48.2 cm³/mol. The standard InChI is InChI=1S/C8H14N4/c1-6(9)7-10-5-12(11-7)8(2,3)4/h5H,1,9H2,2-4H3. The first-order chi connectivity index (χ1) is 5.41. The Balaban J connectivity index is 3.00. The average Bonchev–Trinajstić information content (AvgIpc) is 2.30. The third kappa shape index (κ3) is 1.64.